The molecule has 0 saturated heterocycles. The Balaban J connectivity index is 1.95. The number of benzene rings is 2. The number of hydrogen-bond donors (Lipinski definition) is 1. The average molecular weight is 289 g/mol. The van der Waals surface area contributed by atoms with Crippen molar-refractivity contribution in [2.75, 3.05) is 13.2 Å². The summed E-state index contributed by atoms with van der Waals surface area (Å²) in [5.74, 6) is 1.14. The van der Waals surface area contributed by atoms with Gasteiger partial charge in [0.2, 0.25) is 0 Å². The largest absolute Gasteiger partial charge is 0.490 e. The summed E-state index contributed by atoms with van der Waals surface area (Å²) >= 11 is 0. The lowest BCUT2D eigenvalue weighted by Gasteiger charge is -2.15. The summed E-state index contributed by atoms with van der Waals surface area (Å²) < 4.78 is 24.8. The fourth-order valence-electron chi connectivity index (χ4n) is 1.98. The highest BCUT2D eigenvalue weighted by Crippen LogP contribution is 2.27. The molecule has 0 aromatic heterocycles. The van der Waals surface area contributed by atoms with Crippen LogP contribution in [-0.2, 0) is 0 Å². The van der Waals surface area contributed by atoms with Crippen molar-refractivity contribution in [2.24, 2.45) is 5.73 Å². The van der Waals surface area contributed by atoms with Gasteiger partial charge in [-0.2, -0.15) is 0 Å². The maximum atomic E-state index is 13.6. The molecule has 2 aromatic rings. The van der Waals surface area contributed by atoms with E-state index in [1.807, 2.05) is 30.3 Å². The first-order valence-electron chi connectivity index (χ1n) is 6.94. The van der Waals surface area contributed by atoms with E-state index in [9.17, 15) is 4.39 Å². The Morgan fingerprint density at radius 3 is 2.43 bits per heavy atom. The number of rotatable bonds is 6. The minimum Gasteiger partial charge on any atom is -0.490 e. The highest BCUT2D eigenvalue weighted by Gasteiger charge is 2.12. The molecule has 2 rings (SSSR count). The molecule has 0 radical (unpaired) electrons. The van der Waals surface area contributed by atoms with E-state index in [0.29, 0.717) is 30.1 Å². The molecule has 0 unspecified atom stereocenters. The van der Waals surface area contributed by atoms with Crippen LogP contribution < -0.4 is 15.2 Å². The summed E-state index contributed by atoms with van der Waals surface area (Å²) in [6.07, 6.45) is 0. The van der Waals surface area contributed by atoms with Crippen LogP contribution in [0.1, 0.15) is 24.1 Å². The first-order valence-corrected chi connectivity index (χ1v) is 6.94. The van der Waals surface area contributed by atoms with Crippen molar-refractivity contribution in [3.63, 3.8) is 0 Å². The Kier molecular flexibility index (Phi) is 5.17. The fraction of sp³-hybridized carbons (Fsp3) is 0.294. The smallest absolute Gasteiger partial charge is 0.126 e. The normalized spacial score (nSPS) is 12.0. The second-order valence-electron chi connectivity index (χ2n) is 4.94. The molecule has 21 heavy (non-hydrogen) atoms. The molecular formula is C17H20FNO2. The molecule has 0 bridgehead atoms. The fourth-order valence-corrected chi connectivity index (χ4v) is 1.98. The third kappa shape index (κ3) is 4.20. The molecule has 0 fully saturated rings. The van der Waals surface area contributed by atoms with Crippen molar-refractivity contribution in [1.29, 1.82) is 0 Å². The van der Waals surface area contributed by atoms with Gasteiger partial charge < -0.3 is 15.2 Å². The van der Waals surface area contributed by atoms with Gasteiger partial charge in [-0.3, -0.25) is 0 Å². The Bertz CT molecular complexity index is 585. The van der Waals surface area contributed by atoms with E-state index in [0.717, 1.165) is 5.75 Å². The van der Waals surface area contributed by atoms with E-state index in [-0.39, 0.29) is 11.9 Å². The van der Waals surface area contributed by atoms with E-state index in [4.69, 9.17) is 15.2 Å². The number of nitrogens with two attached hydrogens (primary N) is 1. The zero-order chi connectivity index (χ0) is 15.2. The van der Waals surface area contributed by atoms with E-state index >= 15 is 0 Å². The molecule has 1 atom stereocenters. The zero-order valence-corrected chi connectivity index (χ0v) is 12.3. The summed E-state index contributed by atoms with van der Waals surface area (Å²) in [6, 6.07) is 12.3. The van der Waals surface area contributed by atoms with Gasteiger partial charge in [0.25, 0.3) is 0 Å². The number of para-hydroxylation sites is 1. The number of aryl methyl sites for hydroxylation is 1. The summed E-state index contributed by atoms with van der Waals surface area (Å²) in [7, 11) is 0. The van der Waals surface area contributed by atoms with Crippen LogP contribution in [0.2, 0.25) is 0 Å². The third-order valence-corrected chi connectivity index (χ3v) is 3.13. The van der Waals surface area contributed by atoms with Gasteiger partial charge in [-0.05, 0) is 43.7 Å². The monoisotopic (exact) mass is 289 g/mol. The molecule has 2 aromatic carbocycles. The van der Waals surface area contributed by atoms with Gasteiger partial charge in [0.15, 0.2) is 0 Å². The lowest BCUT2D eigenvalue weighted by atomic mass is 10.1. The van der Waals surface area contributed by atoms with E-state index < -0.39 is 0 Å². The molecule has 3 nitrogen and oxygen atoms in total. The SMILES string of the molecule is Cc1cc(OCCOc2ccccc2)c([C@@H](C)N)cc1F. The van der Waals surface area contributed by atoms with Crippen LogP contribution in [-0.4, -0.2) is 13.2 Å². The van der Waals surface area contributed by atoms with Crippen molar-refractivity contribution < 1.29 is 13.9 Å². The Morgan fingerprint density at radius 2 is 1.76 bits per heavy atom. The molecule has 0 aliphatic carbocycles. The summed E-state index contributed by atoms with van der Waals surface area (Å²) in [6.45, 7) is 4.30. The molecule has 0 aliphatic rings. The highest BCUT2D eigenvalue weighted by atomic mass is 19.1. The molecule has 0 heterocycles. The van der Waals surface area contributed by atoms with E-state index in [1.54, 1.807) is 19.9 Å². The number of halogens is 1. The second-order valence-corrected chi connectivity index (χ2v) is 4.94. The van der Waals surface area contributed by atoms with Crippen molar-refractivity contribution in [3.05, 3.63) is 59.4 Å². The van der Waals surface area contributed by atoms with Gasteiger partial charge in [-0.15, -0.1) is 0 Å². The van der Waals surface area contributed by atoms with Crippen LogP contribution in [0.5, 0.6) is 11.5 Å². The van der Waals surface area contributed by atoms with Crippen LogP contribution in [0.25, 0.3) is 0 Å². The van der Waals surface area contributed by atoms with E-state index in [1.165, 1.54) is 6.07 Å². The van der Waals surface area contributed by atoms with Crippen molar-refractivity contribution in [2.45, 2.75) is 19.9 Å². The summed E-state index contributed by atoms with van der Waals surface area (Å²) in [4.78, 5) is 0. The standard InChI is InChI=1S/C17H20FNO2/c1-12-10-17(15(13(2)19)11-16(12)18)21-9-8-20-14-6-4-3-5-7-14/h3-7,10-11,13H,8-9,19H2,1-2H3/t13-/m1/s1. The lowest BCUT2D eigenvalue weighted by molar-refractivity contribution is 0.215. The van der Waals surface area contributed by atoms with Crippen LogP contribution >= 0.6 is 0 Å². The van der Waals surface area contributed by atoms with Gasteiger partial charge in [0.05, 0.1) is 0 Å². The highest BCUT2D eigenvalue weighted by molar-refractivity contribution is 5.39. The molecule has 0 saturated carbocycles. The third-order valence-electron chi connectivity index (χ3n) is 3.13. The Labute approximate surface area is 124 Å². The van der Waals surface area contributed by atoms with E-state index in [2.05, 4.69) is 0 Å². The summed E-state index contributed by atoms with van der Waals surface area (Å²) in [5.41, 5.74) is 7.06. The van der Waals surface area contributed by atoms with Crippen LogP contribution in [0.15, 0.2) is 42.5 Å². The Morgan fingerprint density at radius 1 is 1.10 bits per heavy atom. The van der Waals surface area contributed by atoms with Gasteiger partial charge in [-0.25, -0.2) is 4.39 Å². The lowest BCUT2D eigenvalue weighted by Crippen LogP contribution is -2.13. The van der Waals surface area contributed by atoms with Crippen molar-refractivity contribution in [3.8, 4) is 11.5 Å². The first kappa shape index (κ1) is 15.3. The molecule has 2 N–H and O–H groups in total. The average Bonchev–Trinajstić information content (AvgIpc) is 2.47. The minimum absolute atomic E-state index is 0.268. The number of hydrogen-bond acceptors (Lipinski definition) is 3. The predicted molar refractivity (Wildman–Crippen MR) is 81.2 cm³/mol. The molecule has 0 spiro atoms. The van der Waals surface area contributed by atoms with Crippen LogP contribution in [0.4, 0.5) is 4.39 Å². The molecule has 4 heteroatoms. The van der Waals surface area contributed by atoms with Crippen molar-refractivity contribution in [1.82, 2.24) is 0 Å². The first-order chi connectivity index (χ1) is 10.1. The molecule has 0 amide bonds. The maximum Gasteiger partial charge on any atom is 0.126 e. The Hall–Kier alpha value is -2.07. The number of ether oxygens (including phenoxy) is 2. The minimum atomic E-state index is -0.287. The van der Waals surface area contributed by atoms with Gasteiger partial charge in [0.1, 0.15) is 30.5 Å². The molecule has 112 valence electrons. The topological polar surface area (TPSA) is 44.5 Å². The quantitative estimate of drug-likeness (QED) is 0.826. The predicted octanol–water partition coefficient (Wildman–Crippen LogP) is 3.61. The van der Waals surface area contributed by atoms with Gasteiger partial charge in [0, 0.05) is 11.6 Å². The van der Waals surface area contributed by atoms with Crippen LogP contribution in [0.3, 0.4) is 0 Å². The van der Waals surface area contributed by atoms with Crippen molar-refractivity contribution >= 4 is 0 Å². The molecule has 0 aliphatic heterocycles. The molecular weight excluding hydrogens is 269 g/mol. The maximum absolute atomic E-state index is 13.6. The second kappa shape index (κ2) is 7.09. The summed E-state index contributed by atoms with van der Waals surface area (Å²) in [5, 5.41) is 0. The van der Waals surface area contributed by atoms with Gasteiger partial charge in [-0.1, -0.05) is 18.2 Å². The van der Waals surface area contributed by atoms with Crippen LogP contribution in [0, 0.1) is 12.7 Å². The van der Waals surface area contributed by atoms with Gasteiger partial charge >= 0.3 is 0 Å². The zero-order valence-electron chi connectivity index (χ0n) is 12.3.